The lowest BCUT2D eigenvalue weighted by Crippen LogP contribution is -1.92. The molecule has 0 fully saturated rings. The van der Waals surface area contributed by atoms with Gasteiger partial charge in [0.25, 0.3) is 0 Å². The summed E-state index contributed by atoms with van der Waals surface area (Å²) in [7, 11) is 0. The van der Waals surface area contributed by atoms with Crippen molar-refractivity contribution in [2.75, 3.05) is 5.73 Å². The Hall–Kier alpha value is -1.49. The summed E-state index contributed by atoms with van der Waals surface area (Å²) in [5.74, 6) is 0. The molecule has 2 heteroatoms. The molecule has 12 heavy (non-hydrogen) atoms. The van der Waals surface area contributed by atoms with Crippen molar-refractivity contribution in [2.24, 2.45) is 0 Å². The maximum Gasteiger partial charge on any atom is 0.187 e. The van der Waals surface area contributed by atoms with E-state index in [2.05, 4.69) is 11.8 Å². The lowest BCUT2D eigenvalue weighted by Gasteiger charge is -2.03. The average Bonchev–Trinajstić information content (AvgIpc) is 2.09. The van der Waals surface area contributed by atoms with Crippen molar-refractivity contribution in [3.8, 4) is 0 Å². The van der Waals surface area contributed by atoms with Crippen LogP contribution in [0.25, 0.3) is 4.85 Å². The fourth-order valence-electron chi connectivity index (χ4n) is 1.15. The highest BCUT2D eigenvalue weighted by molar-refractivity contribution is 5.57. The molecular formula is C10H12N2. The largest absolute Gasteiger partial charge is 0.399 e. The summed E-state index contributed by atoms with van der Waals surface area (Å²) in [5.41, 5.74) is 8.29. The predicted molar refractivity (Wildman–Crippen MR) is 51.1 cm³/mol. The summed E-state index contributed by atoms with van der Waals surface area (Å²) in [5, 5.41) is 0. The molecule has 0 aliphatic carbocycles. The molecule has 1 aromatic rings. The summed E-state index contributed by atoms with van der Waals surface area (Å²) in [6.07, 6.45) is 2.01. The Kier molecular flexibility index (Phi) is 2.71. The van der Waals surface area contributed by atoms with Gasteiger partial charge in [0, 0.05) is 5.69 Å². The molecule has 0 heterocycles. The fraction of sp³-hybridized carbons (Fsp3) is 0.300. The second-order valence-corrected chi connectivity index (χ2v) is 2.74. The maximum absolute atomic E-state index is 6.83. The van der Waals surface area contributed by atoms with Crippen molar-refractivity contribution in [1.29, 1.82) is 0 Å². The highest BCUT2D eigenvalue weighted by Gasteiger charge is 1.98. The summed E-state index contributed by atoms with van der Waals surface area (Å²) < 4.78 is 0. The Balaban J connectivity index is 3.01. The van der Waals surface area contributed by atoms with Crippen LogP contribution in [0.5, 0.6) is 0 Å². The second-order valence-electron chi connectivity index (χ2n) is 2.74. The molecular weight excluding hydrogens is 148 g/mol. The third kappa shape index (κ3) is 1.76. The first-order chi connectivity index (χ1) is 5.77. The zero-order valence-corrected chi connectivity index (χ0v) is 7.17. The van der Waals surface area contributed by atoms with E-state index < -0.39 is 0 Å². The molecule has 2 nitrogen and oxygen atoms in total. The topological polar surface area (TPSA) is 30.4 Å². The van der Waals surface area contributed by atoms with E-state index in [1.165, 1.54) is 0 Å². The maximum atomic E-state index is 6.83. The third-order valence-corrected chi connectivity index (χ3v) is 1.77. The van der Waals surface area contributed by atoms with Crippen LogP contribution in [0.3, 0.4) is 0 Å². The number of rotatable bonds is 2. The van der Waals surface area contributed by atoms with Gasteiger partial charge >= 0.3 is 0 Å². The Morgan fingerprint density at radius 2 is 2.25 bits per heavy atom. The van der Waals surface area contributed by atoms with Crippen molar-refractivity contribution in [3.05, 3.63) is 35.2 Å². The quantitative estimate of drug-likeness (QED) is 0.523. The van der Waals surface area contributed by atoms with E-state index in [-0.39, 0.29) is 0 Å². The zero-order chi connectivity index (χ0) is 8.97. The second kappa shape index (κ2) is 3.77. The molecule has 0 radical (unpaired) electrons. The number of anilines is 1. The van der Waals surface area contributed by atoms with Gasteiger partial charge in [-0.05, 0) is 18.1 Å². The molecule has 0 aliphatic heterocycles. The number of nitrogens with zero attached hydrogens (tertiary/aromatic N) is 1. The molecule has 0 bridgehead atoms. The summed E-state index contributed by atoms with van der Waals surface area (Å²) in [4.78, 5) is 3.35. The van der Waals surface area contributed by atoms with E-state index in [1.807, 2.05) is 6.07 Å². The number of hydrogen-bond acceptors (Lipinski definition) is 1. The number of benzene rings is 1. The molecule has 0 atom stereocenters. The Labute approximate surface area is 72.8 Å². The minimum absolute atomic E-state index is 0.674. The molecule has 2 N–H and O–H groups in total. The van der Waals surface area contributed by atoms with Crippen LogP contribution in [-0.2, 0) is 6.42 Å². The van der Waals surface area contributed by atoms with Gasteiger partial charge in [-0.3, -0.25) is 0 Å². The van der Waals surface area contributed by atoms with Crippen molar-refractivity contribution in [1.82, 2.24) is 0 Å². The monoisotopic (exact) mass is 160 g/mol. The molecule has 62 valence electrons. The van der Waals surface area contributed by atoms with Gasteiger partial charge in [0.15, 0.2) is 5.69 Å². The highest BCUT2D eigenvalue weighted by Crippen LogP contribution is 2.21. The fourth-order valence-corrected chi connectivity index (χ4v) is 1.15. The van der Waals surface area contributed by atoms with Crippen LogP contribution in [0.1, 0.15) is 18.9 Å². The van der Waals surface area contributed by atoms with E-state index in [1.54, 1.807) is 12.1 Å². The first-order valence-corrected chi connectivity index (χ1v) is 4.03. The molecule has 0 amide bonds. The first-order valence-electron chi connectivity index (χ1n) is 4.03. The van der Waals surface area contributed by atoms with Crippen LogP contribution in [0, 0.1) is 6.57 Å². The van der Waals surface area contributed by atoms with Gasteiger partial charge in [0.05, 0.1) is 6.57 Å². The summed E-state index contributed by atoms with van der Waals surface area (Å²) in [6, 6.07) is 5.42. The van der Waals surface area contributed by atoms with Crippen molar-refractivity contribution in [3.63, 3.8) is 0 Å². The van der Waals surface area contributed by atoms with Gasteiger partial charge in [-0.2, -0.15) is 0 Å². The van der Waals surface area contributed by atoms with Gasteiger partial charge in [0.1, 0.15) is 0 Å². The van der Waals surface area contributed by atoms with Gasteiger partial charge < -0.3 is 5.73 Å². The van der Waals surface area contributed by atoms with Gasteiger partial charge in [-0.15, -0.1) is 0 Å². The lowest BCUT2D eigenvalue weighted by molar-refractivity contribution is 0.925. The summed E-state index contributed by atoms with van der Waals surface area (Å²) in [6.45, 7) is 8.93. The number of nitrogen functional groups attached to an aromatic ring is 1. The molecule has 0 spiro atoms. The number of nitrogens with two attached hydrogens (primary N) is 1. The van der Waals surface area contributed by atoms with Crippen LogP contribution in [-0.4, -0.2) is 0 Å². The van der Waals surface area contributed by atoms with Crippen molar-refractivity contribution in [2.45, 2.75) is 19.8 Å². The Bertz CT molecular complexity index is 310. The predicted octanol–water partition coefficient (Wildman–Crippen LogP) is 2.77. The van der Waals surface area contributed by atoms with Crippen molar-refractivity contribution < 1.29 is 0 Å². The van der Waals surface area contributed by atoms with E-state index >= 15 is 0 Å². The first kappa shape index (κ1) is 8.61. The van der Waals surface area contributed by atoms with Crippen LogP contribution < -0.4 is 5.73 Å². The SMILES string of the molecule is [C-]#[N+]c1ccc(N)c(CCC)c1. The number of hydrogen-bond donors (Lipinski definition) is 1. The molecule has 0 aliphatic rings. The molecule has 1 rings (SSSR count). The molecule has 1 aromatic carbocycles. The van der Waals surface area contributed by atoms with Crippen LogP contribution in [0.15, 0.2) is 18.2 Å². The minimum atomic E-state index is 0.674. The van der Waals surface area contributed by atoms with Gasteiger partial charge in [-0.1, -0.05) is 25.5 Å². The summed E-state index contributed by atoms with van der Waals surface area (Å²) >= 11 is 0. The zero-order valence-electron chi connectivity index (χ0n) is 7.17. The van der Waals surface area contributed by atoms with E-state index in [4.69, 9.17) is 12.3 Å². The Morgan fingerprint density at radius 3 is 2.83 bits per heavy atom. The van der Waals surface area contributed by atoms with E-state index in [0.29, 0.717) is 5.69 Å². The van der Waals surface area contributed by atoms with Crippen LogP contribution >= 0.6 is 0 Å². The average molecular weight is 160 g/mol. The highest BCUT2D eigenvalue weighted by atomic mass is 14.6. The van der Waals surface area contributed by atoms with Gasteiger partial charge in [-0.25, -0.2) is 4.85 Å². The van der Waals surface area contributed by atoms with E-state index in [0.717, 1.165) is 24.1 Å². The van der Waals surface area contributed by atoms with Crippen LogP contribution in [0.2, 0.25) is 0 Å². The molecule has 0 saturated heterocycles. The normalized spacial score (nSPS) is 9.33. The molecule has 0 saturated carbocycles. The van der Waals surface area contributed by atoms with Crippen molar-refractivity contribution >= 4 is 11.4 Å². The van der Waals surface area contributed by atoms with Gasteiger partial charge in [0.2, 0.25) is 0 Å². The minimum Gasteiger partial charge on any atom is -0.399 e. The number of aryl methyl sites for hydroxylation is 1. The van der Waals surface area contributed by atoms with E-state index in [9.17, 15) is 0 Å². The molecule has 0 aromatic heterocycles. The molecule has 0 unspecified atom stereocenters. The Morgan fingerprint density at radius 1 is 1.50 bits per heavy atom. The smallest absolute Gasteiger partial charge is 0.187 e. The standard InChI is InChI=1S/C10H12N2/c1-3-4-8-7-9(12-2)5-6-10(8)11/h5-7H,3-4,11H2,1H3. The third-order valence-electron chi connectivity index (χ3n) is 1.77. The lowest BCUT2D eigenvalue weighted by atomic mass is 10.1. The van der Waals surface area contributed by atoms with Crippen LogP contribution in [0.4, 0.5) is 11.4 Å².